The molecule has 2 unspecified atom stereocenters. The molecule has 17 heavy (non-hydrogen) atoms. The quantitative estimate of drug-likeness (QED) is 0.865. The van der Waals surface area contributed by atoms with Gasteiger partial charge in [0.2, 0.25) is 0 Å². The van der Waals surface area contributed by atoms with Crippen LogP contribution < -0.4 is 11.1 Å². The van der Waals surface area contributed by atoms with E-state index in [4.69, 9.17) is 5.73 Å². The van der Waals surface area contributed by atoms with E-state index in [2.05, 4.69) is 21.5 Å². The predicted molar refractivity (Wildman–Crippen MR) is 74.4 cm³/mol. The first-order valence-corrected chi connectivity index (χ1v) is 7.36. The van der Waals surface area contributed by atoms with Crippen LogP contribution in [0.1, 0.15) is 31.2 Å². The van der Waals surface area contributed by atoms with Crippen molar-refractivity contribution in [1.82, 2.24) is 9.97 Å². The minimum Gasteiger partial charge on any atom is -0.383 e. The molecule has 1 aromatic rings. The topological polar surface area (TPSA) is 63.8 Å². The second kappa shape index (κ2) is 5.58. The lowest BCUT2D eigenvalue weighted by Crippen LogP contribution is -2.29. The highest BCUT2D eigenvalue weighted by Gasteiger charge is 2.22. The maximum absolute atomic E-state index is 5.78. The summed E-state index contributed by atoms with van der Waals surface area (Å²) in [6.07, 6.45) is 8.79. The second-order valence-corrected chi connectivity index (χ2v) is 5.74. The maximum atomic E-state index is 5.78. The van der Waals surface area contributed by atoms with E-state index in [0.29, 0.717) is 11.9 Å². The van der Waals surface area contributed by atoms with Gasteiger partial charge < -0.3 is 11.1 Å². The standard InChI is InChI=1S/C12H20N4S/c1-8-11(13)14-7-15-12(8)16-9-4-3-5-10(6-9)17-2/h7,9-10H,3-6H2,1-2H3,(H3,13,14,15,16). The third kappa shape index (κ3) is 3.03. The summed E-state index contributed by atoms with van der Waals surface area (Å²) in [7, 11) is 0. The molecule has 1 aromatic heterocycles. The molecule has 0 aliphatic heterocycles. The van der Waals surface area contributed by atoms with Crippen molar-refractivity contribution in [2.45, 2.75) is 43.9 Å². The lowest BCUT2D eigenvalue weighted by molar-refractivity contribution is 0.472. The molecule has 4 nitrogen and oxygen atoms in total. The summed E-state index contributed by atoms with van der Waals surface area (Å²) in [5, 5.41) is 4.29. The van der Waals surface area contributed by atoms with Gasteiger partial charge in [-0.05, 0) is 32.4 Å². The molecular formula is C12H20N4S. The van der Waals surface area contributed by atoms with Gasteiger partial charge in [-0.25, -0.2) is 9.97 Å². The fourth-order valence-corrected chi connectivity index (χ4v) is 3.12. The molecule has 5 heteroatoms. The Labute approximate surface area is 107 Å². The first-order valence-electron chi connectivity index (χ1n) is 6.07. The molecule has 2 atom stereocenters. The normalized spacial score (nSPS) is 24.6. The SMILES string of the molecule is CSC1CCCC(Nc2ncnc(N)c2C)C1. The van der Waals surface area contributed by atoms with Crippen LogP contribution in [0.3, 0.4) is 0 Å². The van der Waals surface area contributed by atoms with Gasteiger partial charge in [-0.15, -0.1) is 0 Å². The molecule has 1 aliphatic carbocycles. The van der Waals surface area contributed by atoms with Gasteiger partial charge in [0.15, 0.2) is 0 Å². The van der Waals surface area contributed by atoms with Crippen LogP contribution in [0.25, 0.3) is 0 Å². The fourth-order valence-electron chi connectivity index (χ4n) is 2.29. The highest BCUT2D eigenvalue weighted by Crippen LogP contribution is 2.29. The summed E-state index contributed by atoms with van der Waals surface area (Å²) < 4.78 is 0. The Morgan fingerprint density at radius 3 is 3.00 bits per heavy atom. The van der Waals surface area contributed by atoms with E-state index in [1.54, 1.807) is 0 Å². The number of nitrogens with zero attached hydrogens (tertiary/aromatic N) is 2. The smallest absolute Gasteiger partial charge is 0.134 e. The zero-order chi connectivity index (χ0) is 12.3. The average Bonchev–Trinajstić information content (AvgIpc) is 2.35. The van der Waals surface area contributed by atoms with Crippen LogP contribution >= 0.6 is 11.8 Å². The van der Waals surface area contributed by atoms with Crippen LogP contribution in [0, 0.1) is 6.92 Å². The maximum Gasteiger partial charge on any atom is 0.134 e. The number of nitrogens with two attached hydrogens (primary N) is 1. The summed E-state index contributed by atoms with van der Waals surface area (Å²) in [6, 6.07) is 0.522. The van der Waals surface area contributed by atoms with Crippen molar-refractivity contribution < 1.29 is 0 Å². The molecule has 0 bridgehead atoms. The zero-order valence-electron chi connectivity index (χ0n) is 10.4. The van der Waals surface area contributed by atoms with E-state index in [0.717, 1.165) is 16.6 Å². The number of rotatable bonds is 3. The van der Waals surface area contributed by atoms with Crippen molar-refractivity contribution in [1.29, 1.82) is 0 Å². The number of hydrogen-bond acceptors (Lipinski definition) is 5. The molecule has 3 N–H and O–H groups in total. The highest BCUT2D eigenvalue weighted by atomic mass is 32.2. The van der Waals surface area contributed by atoms with Crippen molar-refractivity contribution >= 4 is 23.4 Å². The average molecular weight is 252 g/mol. The molecule has 0 aromatic carbocycles. The van der Waals surface area contributed by atoms with Crippen molar-refractivity contribution in [3.63, 3.8) is 0 Å². The van der Waals surface area contributed by atoms with Crippen molar-refractivity contribution in [3.05, 3.63) is 11.9 Å². The molecule has 0 saturated heterocycles. The Morgan fingerprint density at radius 1 is 1.41 bits per heavy atom. The fraction of sp³-hybridized carbons (Fsp3) is 0.667. The molecule has 1 saturated carbocycles. The Hall–Kier alpha value is -0.970. The lowest BCUT2D eigenvalue weighted by Gasteiger charge is -2.29. The second-order valence-electron chi connectivity index (χ2n) is 4.60. The number of thioether (sulfide) groups is 1. The minimum atomic E-state index is 0.522. The Bertz CT molecular complexity index is 383. The number of hydrogen-bond donors (Lipinski definition) is 2. The molecule has 94 valence electrons. The van der Waals surface area contributed by atoms with Gasteiger partial charge in [-0.1, -0.05) is 6.42 Å². The molecular weight excluding hydrogens is 232 g/mol. The molecule has 0 amide bonds. The Morgan fingerprint density at radius 2 is 2.24 bits per heavy atom. The minimum absolute atomic E-state index is 0.522. The number of anilines is 2. The van der Waals surface area contributed by atoms with Gasteiger partial charge in [0.05, 0.1) is 0 Å². The van der Waals surface area contributed by atoms with Crippen LogP contribution in [-0.4, -0.2) is 27.5 Å². The van der Waals surface area contributed by atoms with Crippen LogP contribution in [0.2, 0.25) is 0 Å². The van der Waals surface area contributed by atoms with Crippen LogP contribution in [-0.2, 0) is 0 Å². The van der Waals surface area contributed by atoms with Gasteiger partial charge in [0, 0.05) is 16.9 Å². The van der Waals surface area contributed by atoms with Crippen LogP contribution in [0.5, 0.6) is 0 Å². The number of nitrogens with one attached hydrogen (secondary N) is 1. The van der Waals surface area contributed by atoms with Gasteiger partial charge in [0.1, 0.15) is 18.0 Å². The van der Waals surface area contributed by atoms with E-state index in [-0.39, 0.29) is 0 Å². The summed E-state index contributed by atoms with van der Waals surface area (Å²) in [5.74, 6) is 1.46. The van der Waals surface area contributed by atoms with Crippen molar-refractivity contribution in [2.75, 3.05) is 17.3 Å². The van der Waals surface area contributed by atoms with E-state index >= 15 is 0 Å². The van der Waals surface area contributed by atoms with E-state index in [1.807, 2.05) is 18.7 Å². The predicted octanol–water partition coefficient (Wildman–Crippen LogP) is 2.45. The largest absolute Gasteiger partial charge is 0.383 e. The highest BCUT2D eigenvalue weighted by molar-refractivity contribution is 7.99. The molecule has 0 spiro atoms. The number of aromatic nitrogens is 2. The molecule has 1 heterocycles. The molecule has 1 aliphatic rings. The third-order valence-corrected chi connectivity index (χ3v) is 4.52. The third-order valence-electron chi connectivity index (χ3n) is 3.42. The van der Waals surface area contributed by atoms with Gasteiger partial charge in [-0.3, -0.25) is 0 Å². The summed E-state index contributed by atoms with van der Waals surface area (Å²) in [6.45, 7) is 1.96. The molecule has 1 fully saturated rings. The molecule has 2 rings (SSSR count). The first kappa shape index (κ1) is 12.5. The monoisotopic (exact) mass is 252 g/mol. The summed E-state index contributed by atoms with van der Waals surface area (Å²) in [5.41, 5.74) is 6.74. The number of nitrogen functional groups attached to an aromatic ring is 1. The lowest BCUT2D eigenvalue weighted by atomic mass is 9.95. The van der Waals surface area contributed by atoms with E-state index in [9.17, 15) is 0 Å². The van der Waals surface area contributed by atoms with Gasteiger partial charge in [-0.2, -0.15) is 11.8 Å². The van der Waals surface area contributed by atoms with E-state index < -0.39 is 0 Å². The van der Waals surface area contributed by atoms with Gasteiger partial charge in [0.25, 0.3) is 0 Å². The Kier molecular flexibility index (Phi) is 4.10. The van der Waals surface area contributed by atoms with Crippen molar-refractivity contribution in [2.24, 2.45) is 0 Å². The van der Waals surface area contributed by atoms with Crippen LogP contribution in [0.4, 0.5) is 11.6 Å². The van der Waals surface area contributed by atoms with Crippen molar-refractivity contribution in [3.8, 4) is 0 Å². The van der Waals surface area contributed by atoms with Gasteiger partial charge >= 0.3 is 0 Å². The Balaban J connectivity index is 2.02. The summed E-state index contributed by atoms with van der Waals surface area (Å²) >= 11 is 1.97. The molecule has 0 radical (unpaired) electrons. The van der Waals surface area contributed by atoms with E-state index in [1.165, 1.54) is 32.0 Å². The summed E-state index contributed by atoms with van der Waals surface area (Å²) in [4.78, 5) is 8.26. The zero-order valence-corrected chi connectivity index (χ0v) is 11.3. The first-order chi connectivity index (χ1) is 8.20. The van der Waals surface area contributed by atoms with Crippen LogP contribution in [0.15, 0.2) is 6.33 Å².